The first-order valence-electron chi connectivity index (χ1n) is 9.58. The van der Waals surface area contributed by atoms with Crippen molar-refractivity contribution in [2.45, 2.75) is 5.16 Å². The summed E-state index contributed by atoms with van der Waals surface area (Å²) in [5.74, 6) is 1.49. The molecular formula is C21H18N8O2S. The summed E-state index contributed by atoms with van der Waals surface area (Å²) in [7, 11) is 1.60. The van der Waals surface area contributed by atoms with Crippen LogP contribution in [-0.2, 0) is 0 Å². The number of thioether (sulfide) groups is 1. The number of nitrogen functional groups attached to an aromatic ring is 1. The lowest BCUT2D eigenvalue weighted by Gasteiger charge is -2.00. The van der Waals surface area contributed by atoms with Crippen molar-refractivity contribution < 1.29 is 4.74 Å². The van der Waals surface area contributed by atoms with E-state index >= 15 is 0 Å². The molecule has 0 amide bonds. The lowest BCUT2D eigenvalue weighted by molar-refractivity contribution is 0.415. The first-order valence-corrected chi connectivity index (χ1v) is 10.8. The van der Waals surface area contributed by atoms with Gasteiger partial charge in [0.2, 0.25) is 16.9 Å². The molecule has 0 spiro atoms. The molecule has 0 fully saturated rings. The van der Waals surface area contributed by atoms with Crippen LogP contribution in [0, 0.1) is 0 Å². The molecule has 0 unspecified atom stereocenters. The van der Waals surface area contributed by atoms with Gasteiger partial charge in [0.1, 0.15) is 11.1 Å². The molecular weight excluding hydrogens is 428 g/mol. The second-order valence-corrected chi connectivity index (χ2v) is 7.56. The number of rotatable bonds is 5. The van der Waals surface area contributed by atoms with Crippen LogP contribution in [0.5, 0.6) is 5.75 Å². The van der Waals surface area contributed by atoms with Gasteiger partial charge >= 0.3 is 0 Å². The Kier molecular flexibility index (Phi) is 4.86. The number of ether oxygens (including phenoxy) is 1. The van der Waals surface area contributed by atoms with E-state index in [1.807, 2.05) is 60.9 Å². The standard InChI is InChI=1S/C21H18N8O2S/c1-31-15-10-8-13(9-11-15)12-16-17(30)27(14-6-4-3-5-7-14)20-24-25-21(28(16)20)29-18(22)23-19(26-29)32-2/h3-12H,1-2H3,(H2,22,23,26)/b16-12+. The van der Waals surface area contributed by atoms with Crippen molar-refractivity contribution >= 4 is 29.6 Å². The predicted octanol–water partition coefficient (Wildman–Crippen LogP) is 1.32. The summed E-state index contributed by atoms with van der Waals surface area (Å²) < 4.78 is 9.75. The Labute approximate surface area is 186 Å². The maximum atomic E-state index is 13.5. The van der Waals surface area contributed by atoms with Crippen molar-refractivity contribution in [2.24, 2.45) is 0 Å². The van der Waals surface area contributed by atoms with Gasteiger partial charge in [0, 0.05) is 0 Å². The molecule has 0 radical (unpaired) electrons. The Morgan fingerprint density at radius 1 is 1.06 bits per heavy atom. The molecule has 5 rings (SSSR count). The van der Waals surface area contributed by atoms with E-state index in [-0.39, 0.29) is 17.5 Å². The Hall–Kier alpha value is -4.12. The quantitative estimate of drug-likeness (QED) is 0.402. The van der Waals surface area contributed by atoms with Crippen molar-refractivity contribution in [2.75, 3.05) is 19.1 Å². The zero-order valence-electron chi connectivity index (χ0n) is 17.2. The number of hydrogen-bond acceptors (Lipinski definition) is 8. The summed E-state index contributed by atoms with van der Waals surface area (Å²) in [6.45, 7) is 0. The second kappa shape index (κ2) is 7.85. The third-order valence-electron chi connectivity index (χ3n) is 4.91. The van der Waals surface area contributed by atoms with Gasteiger partial charge in [0.15, 0.2) is 0 Å². The maximum Gasteiger partial charge on any atom is 0.282 e. The molecule has 11 heteroatoms. The van der Waals surface area contributed by atoms with Gasteiger partial charge in [-0.15, -0.1) is 15.3 Å². The van der Waals surface area contributed by atoms with Gasteiger partial charge in [-0.3, -0.25) is 4.79 Å². The number of nitrogens with two attached hydrogens (primary N) is 1. The van der Waals surface area contributed by atoms with E-state index < -0.39 is 0 Å². The van der Waals surface area contributed by atoms with Gasteiger partial charge < -0.3 is 10.5 Å². The van der Waals surface area contributed by atoms with Crippen molar-refractivity contribution in [1.82, 2.24) is 33.9 Å². The minimum Gasteiger partial charge on any atom is -0.497 e. The fraction of sp³-hybridized carbons (Fsp3) is 0.0952. The van der Waals surface area contributed by atoms with Gasteiger partial charge in [-0.1, -0.05) is 42.1 Å². The van der Waals surface area contributed by atoms with Crippen molar-refractivity contribution in [3.63, 3.8) is 0 Å². The lowest BCUT2D eigenvalue weighted by Crippen LogP contribution is -2.31. The number of hydrogen-bond donors (Lipinski definition) is 1. The number of nitrogens with zero attached hydrogens (tertiary/aromatic N) is 7. The van der Waals surface area contributed by atoms with Crippen LogP contribution >= 0.6 is 11.8 Å². The second-order valence-electron chi connectivity index (χ2n) is 6.78. The molecule has 2 N–H and O–H groups in total. The fourth-order valence-electron chi connectivity index (χ4n) is 3.40. The number of anilines is 1. The third kappa shape index (κ3) is 3.19. The molecule has 3 aromatic heterocycles. The molecule has 160 valence electrons. The van der Waals surface area contributed by atoms with Crippen LogP contribution in [0.2, 0.25) is 0 Å². The summed E-state index contributed by atoms with van der Waals surface area (Å²) >= 11 is 1.35. The van der Waals surface area contributed by atoms with E-state index in [0.717, 1.165) is 11.3 Å². The molecule has 3 heterocycles. The molecule has 0 aliphatic heterocycles. The zero-order chi connectivity index (χ0) is 22.2. The average molecular weight is 446 g/mol. The first kappa shape index (κ1) is 19.8. The summed E-state index contributed by atoms with van der Waals surface area (Å²) in [5.41, 5.74) is 7.31. The van der Waals surface area contributed by atoms with Gasteiger partial charge in [0.05, 0.1) is 12.8 Å². The lowest BCUT2D eigenvalue weighted by atomic mass is 10.2. The number of imidazole rings is 1. The van der Waals surface area contributed by atoms with Crippen molar-refractivity contribution in [1.29, 1.82) is 0 Å². The summed E-state index contributed by atoms with van der Waals surface area (Å²) in [6.07, 6.45) is 3.62. The van der Waals surface area contributed by atoms with Gasteiger partial charge in [-0.2, -0.15) is 9.67 Å². The molecule has 0 bridgehead atoms. The van der Waals surface area contributed by atoms with E-state index in [1.165, 1.54) is 21.0 Å². The molecule has 0 atom stereocenters. The monoisotopic (exact) mass is 446 g/mol. The van der Waals surface area contributed by atoms with E-state index in [2.05, 4.69) is 20.3 Å². The SMILES string of the molecule is COc1ccc(/C=c2\c(=O)n(-c3ccccc3)c3nnc(-n4nc(SC)nc4N)n23)cc1. The van der Waals surface area contributed by atoms with E-state index in [9.17, 15) is 4.79 Å². The number of methoxy groups -OCH3 is 1. The van der Waals surface area contributed by atoms with Gasteiger partial charge in [-0.25, -0.2) is 8.97 Å². The fourth-order valence-corrected chi connectivity index (χ4v) is 3.75. The highest BCUT2D eigenvalue weighted by molar-refractivity contribution is 7.98. The summed E-state index contributed by atoms with van der Waals surface area (Å²) in [6, 6.07) is 16.7. The topological polar surface area (TPSA) is 118 Å². The highest BCUT2D eigenvalue weighted by atomic mass is 32.2. The van der Waals surface area contributed by atoms with Crippen LogP contribution in [0.15, 0.2) is 64.5 Å². The van der Waals surface area contributed by atoms with Gasteiger partial charge in [0.25, 0.3) is 11.5 Å². The first-order chi connectivity index (χ1) is 15.6. The Balaban J connectivity index is 1.84. The zero-order valence-corrected chi connectivity index (χ0v) is 18.0. The van der Waals surface area contributed by atoms with Crippen molar-refractivity contribution in [3.05, 3.63) is 75.9 Å². The molecule has 10 nitrogen and oxygen atoms in total. The van der Waals surface area contributed by atoms with E-state index in [4.69, 9.17) is 10.5 Å². The highest BCUT2D eigenvalue weighted by Gasteiger charge is 2.21. The summed E-state index contributed by atoms with van der Waals surface area (Å²) in [5, 5.41) is 13.8. The van der Waals surface area contributed by atoms with Crippen LogP contribution in [0.4, 0.5) is 5.95 Å². The Morgan fingerprint density at radius 3 is 2.47 bits per heavy atom. The van der Waals surface area contributed by atoms with Crippen LogP contribution < -0.4 is 21.4 Å². The number of para-hydroxylation sites is 1. The van der Waals surface area contributed by atoms with Crippen LogP contribution in [0.25, 0.3) is 23.5 Å². The van der Waals surface area contributed by atoms with E-state index in [1.54, 1.807) is 17.6 Å². The average Bonchev–Trinajstić information content (AvgIpc) is 3.48. The third-order valence-corrected chi connectivity index (χ3v) is 5.45. The molecule has 32 heavy (non-hydrogen) atoms. The molecule has 0 aliphatic carbocycles. The molecule has 0 saturated carbocycles. The molecule has 5 aromatic rings. The minimum absolute atomic E-state index is 0.152. The number of fused-ring (bicyclic) bond motifs is 1. The normalized spacial score (nSPS) is 12.0. The molecule has 2 aromatic carbocycles. The van der Waals surface area contributed by atoms with E-state index in [0.29, 0.717) is 22.0 Å². The van der Waals surface area contributed by atoms with Gasteiger partial charge in [-0.05, 0) is 42.2 Å². The Bertz CT molecular complexity index is 1520. The molecule has 0 aliphatic rings. The number of benzene rings is 2. The smallest absolute Gasteiger partial charge is 0.282 e. The Morgan fingerprint density at radius 2 is 1.81 bits per heavy atom. The minimum atomic E-state index is -0.248. The highest BCUT2D eigenvalue weighted by Crippen LogP contribution is 2.17. The number of aromatic nitrogens is 7. The van der Waals surface area contributed by atoms with Crippen LogP contribution in [-0.4, -0.2) is 47.3 Å². The maximum absolute atomic E-state index is 13.5. The van der Waals surface area contributed by atoms with Crippen molar-refractivity contribution in [3.8, 4) is 17.4 Å². The van der Waals surface area contributed by atoms with Crippen LogP contribution in [0.3, 0.4) is 0 Å². The van der Waals surface area contributed by atoms with Crippen LogP contribution in [0.1, 0.15) is 5.56 Å². The largest absolute Gasteiger partial charge is 0.497 e. The molecule has 0 saturated heterocycles. The predicted molar refractivity (Wildman–Crippen MR) is 121 cm³/mol. The summed E-state index contributed by atoms with van der Waals surface area (Å²) in [4.78, 5) is 17.8.